The minimum atomic E-state index is -0.766. The van der Waals surface area contributed by atoms with Gasteiger partial charge in [0, 0.05) is 29.6 Å². The van der Waals surface area contributed by atoms with E-state index < -0.39 is 11.1 Å². The van der Waals surface area contributed by atoms with Crippen LogP contribution in [0.25, 0.3) is 6.08 Å². The van der Waals surface area contributed by atoms with Gasteiger partial charge in [0.15, 0.2) is 0 Å². The molecule has 1 N–H and O–H groups in total. The number of benzene rings is 2. The third-order valence-corrected chi connectivity index (χ3v) is 5.96. The monoisotopic (exact) mass is 370 g/mol. The fourth-order valence-corrected chi connectivity index (χ4v) is 4.42. The summed E-state index contributed by atoms with van der Waals surface area (Å²) in [4.78, 5) is 14.5. The molecule has 2 aromatic carbocycles. The van der Waals surface area contributed by atoms with E-state index in [1.54, 1.807) is 18.2 Å². The highest BCUT2D eigenvalue weighted by Crippen LogP contribution is 2.52. The van der Waals surface area contributed by atoms with Crippen molar-refractivity contribution in [1.29, 1.82) is 0 Å². The molecule has 2 heterocycles. The molecule has 0 saturated carbocycles. The van der Waals surface area contributed by atoms with Gasteiger partial charge in [-0.05, 0) is 29.8 Å². The van der Waals surface area contributed by atoms with Crippen LogP contribution in [0.15, 0.2) is 48.5 Å². The van der Waals surface area contributed by atoms with Crippen LogP contribution in [0, 0.1) is 5.82 Å². The van der Waals surface area contributed by atoms with Crippen LogP contribution in [0.1, 0.15) is 31.4 Å². The summed E-state index contributed by atoms with van der Waals surface area (Å²) in [5.41, 5.74) is 1.43. The van der Waals surface area contributed by atoms with E-state index in [1.807, 2.05) is 18.2 Å². The molecule has 2 aromatic rings. The fraction of sp³-hybridized carbons (Fsp3) is 0.286. The van der Waals surface area contributed by atoms with Crippen molar-refractivity contribution in [2.24, 2.45) is 0 Å². The lowest BCUT2D eigenvalue weighted by molar-refractivity contribution is -0.124. The van der Waals surface area contributed by atoms with Crippen molar-refractivity contribution < 1.29 is 9.18 Å². The Morgan fingerprint density at radius 1 is 1.19 bits per heavy atom. The summed E-state index contributed by atoms with van der Waals surface area (Å²) in [6.07, 6.45) is 4.00. The lowest BCUT2D eigenvalue weighted by Crippen LogP contribution is -2.68. The van der Waals surface area contributed by atoms with Crippen molar-refractivity contribution in [3.8, 4) is 0 Å². The highest BCUT2D eigenvalue weighted by Gasteiger charge is 2.57. The number of nitrogens with zero attached hydrogens (tertiary/aromatic N) is 1. The van der Waals surface area contributed by atoms with Gasteiger partial charge in [0.2, 0.25) is 5.91 Å². The highest BCUT2D eigenvalue weighted by molar-refractivity contribution is 6.32. The quantitative estimate of drug-likeness (QED) is 0.843. The molecule has 0 bridgehead atoms. The Labute approximate surface area is 157 Å². The molecule has 26 heavy (non-hydrogen) atoms. The Kier molecular flexibility index (Phi) is 3.85. The fourth-order valence-electron chi connectivity index (χ4n) is 4.19. The molecule has 1 fully saturated rings. The van der Waals surface area contributed by atoms with Crippen LogP contribution in [0.4, 0.5) is 10.1 Å². The van der Waals surface area contributed by atoms with Gasteiger partial charge in [0.05, 0.1) is 5.02 Å². The van der Waals surface area contributed by atoms with Crippen molar-refractivity contribution in [2.75, 3.05) is 11.4 Å². The first-order chi connectivity index (χ1) is 12.4. The number of carbonyl (C=O) groups is 1. The predicted octanol–water partition coefficient (Wildman–Crippen LogP) is 4.51. The minimum Gasteiger partial charge on any atom is -0.344 e. The van der Waals surface area contributed by atoms with Crippen LogP contribution >= 0.6 is 11.6 Å². The SMILES string of the molecule is CC1(C)c2ccccc2N2CCC(=O)N[C@@]21/C=C/c1c(F)cccc1Cl. The summed E-state index contributed by atoms with van der Waals surface area (Å²) in [6.45, 7) is 4.82. The van der Waals surface area contributed by atoms with E-state index in [-0.39, 0.29) is 11.7 Å². The summed E-state index contributed by atoms with van der Waals surface area (Å²) >= 11 is 6.18. The van der Waals surface area contributed by atoms with Crippen LogP contribution < -0.4 is 10.2 Å². The first-order valence-corrected chi connectivity index (χ1v) is 9.06. The summed E-state index contributed by atoms with van der Waals surface area (Å²) in [5, 5.41) is 3.52. The van der Waals surface area contributed by atoms with E-state index in [0.717, 1.165) is 11.3 Å². The number of rotatable bonds is 2. The van der Waals surface area contributed by atoms with E-state index in [2.05, 4.69) is 36.2 Å². The number of hydrogen-bond acceptors (Lipinski definition) is 2. The number of carbonyl (C=O) groups excluding carboxylic acids is 1. The standard InChI is InChI=1S/C21H20ClFN2O/c1-20(2)15-6-3-4-9-18(15)25-13-11-19(26)24-21(20,25)12-10-14-16(22)7-5-8-17(14)23/h3-10,12H,11,13H2,1-2H3,(H,24,26)/b12-10+/t21-/m0/s1. The van der Waals surface area contributed by atoms with Gasteiger partial charge < -0.3 is 10.2 Å². The average molecular weight is 371 g/mol. The molecular formula is C21H20ClFN2O. The molecule has 0 spiro atoms. The molecule has 2 aliphatic heterocycles. The molecule has 2 aliphatic rings. The third kappa shape index (κ3) is 2.28. The molecule has 1 atom stereocenters. The van der Waals surface area contributed by atoms with Crippen LogP contribution in [-0.2, 0) is 10.2 Å². The topological polar surface area (TPSA) is 32.3 Å². The maximum atomic E-state index is 14.2. The number of para-hydroxylation sites is 1. The van der Waals surface area contributed by atoms with Gasteiger partial charge in [-0.3, -0.25) is 4.79 Å². The van der Waals surface area contributed by atoms with Crippen LogP contribution in [0.3, 0.4) is 0 Å². The van der Waals surface area contributed by atoms with Crippen molar-refractivity contribution in [3.63, 3.8) is 0 Å². The normalized spacial score (nSPS) is 23.7. The van der Waals surface area contributed by atoms with Gasteiger partial charge in [-0.1, -0.05) is 55.8 Å². The van der Waals surface area contributed by atoms with Crippen LogP contribution in [0.5, 0.6) is 0 Å². The number of fused-ring (bicyclic) bond motifs is 3. The maximum absolute atomic E-state index is 14.2. The second-order valence-corrected chi connectivity index (χ2v) is 7.73. The van der Waals surface area contributed by atoms with Crippen molar-refractivity contribution in [1.82, 2.24) is 5.32 Å². The number of hydrogen-bond donors (Lipinski definition) is 1. The van der Waals surface area contributed by atoms with Crippen molar-refractivity contribution >= 4 is 29.3 Å². The Morgan fingerprint density at radius 3 is 2.73 bits per heavy atom. The molecule has 0 unspecified atom stereocenters. The number of amides is 1. The third-order valence-electron chi connectivity index (χ3n) is 5.63. The van der Waals surface area contributed by atoms with Gasteiger partial charge in [0.1, 0.15) is 11.5 Å². The van der Waals surface area contributed by atoms with E-state index in [1.165, 1.54) is 6.07 Å². The molecule has 0 aliphatic carbocycles. The molecular weight excluding hydrogens is 351 g/mol. The van der Waals surface area contributed by atoms with Crippen LogP contribution in [-0.4, -0.2) is 18.1 Å². The van der Waals surface area contributed by atoms with Crippen molar-refractivity contribution in [2.45, 2.75) is 31.3 Å². The predicted molar refractivity (Wildman–Crippen MR) is 103 cm³/mol. The second kappa shape index (κ2) is 5.85. The van der Waals surface area contributed by atoms with E-state index in [9.17, 15) is 9.18 Å². The van der Waals surface area contributed by atoms with Gasteiger partial charge in [-0.25, -0.2) is 4.39 Å². The maximum Gasteiger partial charge on any atom is 0.223 e. The smallest absolute Gasteiger partial charge is 0.223 e. The molecule has 3 nitrogen and oxygen atoms in total. The summed E-state index contributed by atoms with van der Waals surface area (Å²) in [7, 11) is 0. The molecule has 4 rings (SSSR count). The zero-order valence-corrected chi connectivity index (χ0v) is 15.5. The van der Waals surface area contributed by atoms with Crippen LogP contribution in [0.2, 0.25) is 5.02 Å². The number of halogens is 2. The average Bonchev–Trinajstić information content (AvgIpc) is 2.79. The summed E-state index contributed by atoms with van der Waals surface area (Å²) < 4.78 is 14.2. The first kappa shape index (κ1) is 17.1. The van der Waals surface area contributed by atoms with Gasteiger partial charge in [-0.15, -0.1) is 0 Å². The van der Waals surface area contributed by atoms with E-state index in [4.69, 9.17) is 11.6 Å². The Bertz CT molecular complexity index is 904. The zero-order chi connectivity index (χ0) is 18.5. The van der Waals surface area contributed by atoms with Gasteiger partial charge in [0.25, 0.3) is 0 Å². The molecule has 0 radical (unpaired) electrons. The number of anilines is 1. The lowest BCUT2D eigenvalue weighted by atomic mass is 9.74. The Morgan fingerprint density at radius 2 is 1.96 bits per heavy atom. The minimum absolute atomic E-state index is 0.00795. The molecule has 134 valence electrons. The molecule has 1 saturated heterocycles. The largest absolute Gasteiger partial charge is 0.344 e. The Hall–Kier alpha value is -2.33. The van der Waals surface area contributed by atoms with Gasteiger partial charge >= 0.3 is 0 Å². The first-order valence-electron chi connectivity index (χ1n) is 8.68. The lowest BCUT2D eigenvalue weighted by Gasteiger charge is -2.49. The Balaban J connectivity index is 1.88. The summed E-state index contributed by atoms with van der Waals surface area (Å²) in [5.74, 6) is -0.390. The van der Waals surface area contributed by atoms with Crippen molar-refractivity contribution in [3.05, 3.63) is 70.5 Å². The molecule has 0 aromatic heterocycles. The van der Waals surface area contributed by atoms with E-state index >= 15 is 0 Å². The molecule has 1 amide bonds. The summed E-state index contributed by atoms with van der Waals surface area (Å²) in [6, 6.07) is 12.8. The second-order valence-electron chi connectivity index (χ2n) is 7.33. The number of nitrogens with one attached hydrogen (secondary N) is 1. The van der Waals surface area contributed by atoms with Gasteiger partial charge in [-0.2, -0.15) is 0 Å². The molecule has 5 heteroatoms. The van der Waals surface area contributed by atoms with E-state index in [0.29, 0.717) is 23.6 Å². The zero-order valence-electron chi connectivity index (χ0n) is 14.7. The highest BCUT2D eigenvalue weighted by atomic mass is 35.5.